The molecule has 1 amide bonds. The van der Waals surface area contributed by atoms with Gasteiger partial charge in [-0.15, -0.1) is 0 Å². The molecule has 3 rings (SSSR count). The molecule has 0 spiro atoms. The zero-order valence-corrected chi connectivity index (χ0v) is 14.2. The first-order valence-electron chi connectivity index (χ1n) is 7.96. The number of hydrogen-bond donors (Lipinski definition) is 2. The number of carboxylic acid groups (broad SMARTS) is 1. The molecule has 0 aliphatic heterocycles. The molecule has 1 heterocycles. The van der Waals surface area contributed by atoms with Gasteiger partial charge in [-0.1, -0.05) is 24.3 Å². The highest BCUT2D eigenvalue weighted by Crippen LogP contribution is 2.22. The number of hydrazone groups is 1. The fourth-order valence-electron chi connectivity index (χ4n) is 2.39. The number of nitro benzene ring substituents is 1. The number of para-hydroxylation sites is 1. The molecule has 2 aromatic carbocycles. The maximum absolute atomic E-state index is 12.1. The van der Waals surface area contributed by atoms with Crippen molar-refractivity contribution in [2.45, 2.75) is 0 Å². The number of nitrogens with one attached hydrogen (secondary N) is 1. The second-order valence-corrected chi connectivity index (χ2v) is 5.56. The van der Waals surface area contributed by atoms with Gasteiger partial charge in [0, 0.05) is 11.6 Å². The van der Waals surface area contributed by atoms with Crippen molar-refractivity contribution in [3.05, 3.63) is 87.7 Å². The molecule has 0 radical (unpaired) electrons. The fraction of sp³-hybridized carbons (Fsp3) is 0. The van der Waals surface area contributed by atoms with Crippen molar-refractivity contribution in [2.75, 3.05) is 0 Å². The van der Waals surface area contributed by atoms with E-state index in [1.807, 2.05) is 0 Å². The number of nitro groups is 1. The standard InChI is InChI=1S/C19H13N3O6/c23-18(15-3-1-2-4-16(15)22(26)27)21-20-11-14-9-10-17(28-14)12-5-7-13(8-6-12)19(24)25/h1-11H,(H,21,23)(H,24,25)/b20-11-. The zero-order valence-electron chi connectivity index (χ0n) is 14.2. The van der Waals surface area contributed by atoms with Crippen LogP contribution in [0.4, 0.5) is 5.69 Å². The van der Waals surface area contributed by atoms with Gasteiger partial charge in [0.05, 0.1) is 16.7 Å². The number of benzene rings is 2. The fourth-order valence-corrected chi connectivity index (χ4v) is 2.39. The van der Waals surface area contributed by atoms with Gasteiger partial charge in [0.1, 0.15) is 17.1 Å². The van der Waals surface area contributed by atoms with Gasteiger partial charge in [0.15, 0.2) is 0 Å². The summed E-state index contributed by atoms with van der Waals surface area (Å²) in [6, 6.07) is 15.0. The van der Waals surface area contributed by atoms with Crippen LogP contribution in [-0.4, -0.2) is 28.1 Å². The average Bonchev–Trinajstić information content (AvgIpc) is 3.17. The number of rotatable bonds is 6. The van der Waals surface area contributed by atoms with E-state index in [1.54, 1.807) is 24.3 Å². The number of nitrogens with zero attached hydrogens (tertiary/aromatic N) is 2. The Morgan fingerprint density at radius 2 is 1.79 bits per heavy atom. The van der Waals surface area contributed by atoms with Crippen molar-refractivity contribution in [1.82, 2.24) is 5.43 Å². The van der Waals surface area contributed by atoms with Crippen molar-refractivity contribution in [1.29, 1.82) is 0 Å². The maximum atomic E-state index is 12.1. The first-order chi connectivity index (χ1) is 13.5. The Balaban J connectivity index is 1.68. The van der Waals surface area contributed by atoms with Gasteiger partial charge in [-0.25, -0.2) is 10.2 Å². The lowest BCUT2D eigenvalue weighted by molar-refractivity contribution is -0.385. The first-order valence-corrected chi connectivity index (χ1v) is 7.96. The lowest BCUT2D eigenvalue weighted by atomic mass is 10.1. The van der Waals surface area contributed by atoms with E-state index >= 15 is 0 Å². The molecule has 0 saturated carbocycles. The van der Waals surface area contributed by atoms with Gasteiger partial charge in [0.25, 0.3) is 11.6 Å². The summed E-state index contributed by atoms with van der Waals surface area (Å²) in [6.07, 6.45) is 1.25. The topological polar surface area (TPSA) is 135 Å². The molecule has 28 heavy (non-hydrogen) atoms. The molecule has 0 aliphatic carbocycles. The highest BCUT2D eigenvalue weighted by atomic mass is 16.6. The van der Waals surface area contributed by atoms with Crippen LogP contribution in [0, 0.1) is 10.1 Å². The van der Waals surface area contributed by atoms with Gasteiger partial charge < -0.3 is 9.52 Å². The minimum Gasteiger partial charge on any atom is -0.478 e. The summed E-state index contributed by atoms with van der Waals surface area (Å²) < 4.78 is 5.56. The van der Waals surface area contributed by atoms with E-state index in [9.17, 15) is 19.7 Å². The maximum Gasteiger partial charge on any atom is 0.335 e. The smallest absolute Gasteiger partial charge is 0.335 e. The van der Waals surface area contributed by atoms with E-state index < -0.39 is 16.8 Å². The number of carbonyl (C=O) groups excluding carboxylic acids is 1. The minimum atomic E-state index is -1.02. The average molecular weight is 379 g/mol. The molecule has 0 atom stereocenters. The van der Waals surface area contributed by atoms with Crippen LogP contribution in [0.3, 0.4) is 0 Å². The van der Waals surface area contributed by atoms with Crippen molar-refractivity contribution in [3.63, 3.8) is 0 Å². The summed E-state index contributed by atoms with van der Waals surface area (Å²) in [7, 11) is 0. The molecule has 3 aromatic rings. The highest BCUT2D eigenvalue weighted by Gasteiger charge is 2.18. The second kappa shape index (κ2) is 7.96. The van der Waals surface area contributed by atoms with Gasteiger partial charge in [-0.2, -0.15) is 5.10 Å². The Hall–Kier alpha value is -4.27. The van der Waals surface area contributed by atoms with Gasteiger partial charge >= 0.3 is 5.97 Å². The van der Waals surface area contributed by atoms with Crippen LogP contribution in [0.25, 0.3) is 11.3 Å². The van der Waals surface area contributed by atoms with Crippen LogP contribution >= 0.6 is 0 Å². The molecule has 0 unspecified atom stereocenters. The molecule has 0 aliphatic rings. The van der Waals surface area contributed by atoms with Crippen molar-refractivity contribution in [2.24, 2.45) is 5.10 Å². The monoisotopic (exact) mass is 379 g/mol. The Morgan fingerprint density at radius 1 is 1.07 bits per heavy atom. The molecule has 2 N–H and O–H groups in total. The third-order valence-corrected chi connectivity index (χ3v) is 3.75. The minimum absolute atomic E-state index is 0.108. The predicted molar refractivity (Wildman–Crippen MR) is 99.3 cm³/mol. The number of furan rings is 1. The molecule has 0 fully saturated rings. The lowest BCUT2D eigenvalue weighted by Crippen LogP contribution is -2.18. The Bertz CT molecular complexity index is 1070. The van der Waals surface area contributed by atoms with E-state index in [0.717, 1.165) is 0 Å². The van der Waals surface area contributed by atoms with Gasteiger partial charge in [0.2, 0.25) is 0 Å². The molecular formula is C19H13N3O6. The Kier molecular flexibility index (Phi) is 5.26. The van der Waals surface area contributed by atoms with Crippen molar-refractivity contribution in [3.8, 4) is 11.3 Å². The highest BCUT2D eigenvalue weighted by molar-refractivity contribution is 5.98. The Morgan fingerprint density at radius 3 is 2.46 bits per heavy atom. The van der Waals surface area contributed by atoms with Crippen LogP contribution in [-0.2, 0) is 0 Å². The van der Waals surface area contributed by atoms with Crippen LogP contribution in [0.5, 0.6) is 0 Å². The SMILES string of the molecule is O=C(O)c1ccc(-c2ccc(/C=N\NC(=O)c3ccccc3[N+](=O)[O-])o2)cc1. The number of aromatic carboxylic acids is 1. The van der Waals surface area contributed by atoms with Crippen LogP contribution < -0.4 is 5.43 Å². The number of carbonyl (C=O) groups is 2. The Labute approximate surface area is 158 Å². The molecule has 1 aromatic heterocycles. The van der Waals surface area contributed by atoms with Gasteiger partial charge in [-0.05, 0) is 30.3 Å². The van der Waals surface area contributed by atoms with Crippen molar-refractivity contribution < 1.29 is 24.0 Å². The van der Waals surface area contributed by atoms with E-state index in [0.29, 0.717) is 17.1 Å². The number of hydrogen-bond acceptors (Lipinski definition) is 6. The van der Waals surface area contributed by atoms with Crippen molar-refractivity contribution >= 4 is 23.8 Å². The quantitative estimate of drug-likeness (QED) is 0.383. The molecule has 140 valence electrons. The predicted octanol–water partition coefficient (Wildman–Crippen LogP) is 3.32. The van der Waals surface area contributed by atoms with E-state index in [1.165, 1.54) is 42.6 Å². The molecule has 9 heteroatoms. The third-order valence-electron chi connectivity index (χ3n) is 3.75. The molecule has 0 saturated heterocycles. The van der Waals surface area contributed by atoms with E-state index in [2.05, 4.69) is 10.5 Å². The summed E-state index contributed by atoms with van der Waals surface area (Å²) in [4.78, 5) is 33.3. The largest absolute Gasteiger partial charge is 0.478 e. The number of amides is 1. The van der Waals surface area contributed by atoms with Crippen LogP contribution in [0.2, 0.25) is 0 Å². The van der Waals surface area contributed by atoms with Gasteiger partial charge in [-0.3, -0.25) is 14.9 Å². The summed E-state index contributed by atoms with van der Waals surface area (Å²) >= 11 is 0. The van der Waals surface area contributed by atoms with Crippen LogP contribution in [0.15, 0.2) is 70.2 Å². The lowest BCUT2D eigenvalue weighted by Gasteiger charge is -2.00. The molecule has 9 nitrogen and oxygen atoms in total. The summed E-state index contributed by atoms with van der Waals surface area (Å²) in [5.41, 5.74) is 2.62. The molecular weight excluding hydrogens is 366 g/mol. The zero-order chi connectivity index (χ0) is 20.1. The second-order valence-electron chi connectivity index (χ2n) is 5.56. The third kappa shape index (κ3) is 4.10. The summed E-state index contributed by atoms with van der Waals surface area (Å²) in [5, 5.41) is 23.6. The normalized spacial score (nSPS) is 10.7. The van der Waals surface area contributed by atoms with E-state index in [4.69, 9.17) is 9.52 Å². The van der Waals surface area contributed by atoms with E-state index in [-0.39, 0.29) is 16.8 Å². The summed E-state index contributed by atoms with van der Waals surface area (Å²) in [5.74, 6) is -0.920. The summed E-state index contributed by atoms with van der Waals surface area (Å²) in [6.45, 7) is 0. The molecule has 0 bridgehead atoms. The van der Waals surface area contributed by atoms with Crippen LogP contribution in [0.1, 0.15) is 26.5 Å². The first kappa shape index (κ1) is 18.5. The number of carboxylic acids is 1.